The molecular formula is C24H22N8O2. The molecule has 0 aliphatic rings. The van der Waals surface area contributed by atoms with E-state index < -0.39 is 11.4 Å². The van der Waals surface area contributed by atoms with Gasteiger partial charge in [-0.3, -0.25) is 0 Å². The van der Waals surface area contributed by atoms with Crippen LogP contribution in [0.15, 0.2) is 71.0 Å². The van der Waals surface area contributed by atoms with Gasteiger partial charge in [-0.25, -0.2) is 14.2 Å². The highest BCUT2D eigenvalue weighted by Crippen LogP contribution is 2.38. The van der Waals surface area contributed by atoms with E-state index in [2.05, 4.69) is 26.5 Å². The summed E-state index contributed by atoms with van der Waals surface area (Å²) in [4.78, 5) is 11.2. The molecule has 0 amide bonds. The molecule has 4 rings (SSSR count). The van der Waals surface area contributed by atoms with Crippen LogP contribution in [-0.2, 0) is 5.41 Å². The number of nitrogens with two attached hydrogens (primary N) is 1. The number of benzene rings is 2. The van der Waals surface area contributed by atoms with E-state index in [1.165, 1.54) is 27.7 Å². The van der Waals surface area contributed by atoms with Gasteiger partial charge in [-0.2, -0.15) is 15.5 Å². The molecule has 10 nitrogen and oxygen atoms in total. The summed E-state index contributed by atoms with van der Waals surface area (Å²) < 4.78 is 3.03. The van der Waals surface area contributed by atoms with Crippen LogP contribution in [0.1, 0.15) is 42.4 Å². The van der Waals surface area contributed by atoms with Gasteiger partial charge in [0.15, 0.2) is 17.3 Å². The Balaban J connectivity index is 1.82. The van der Waals surface area contributed by atoms with Crippen LogP contribution in [-0.4, -0.2) is 30.6 Å². The van der Waals surface area contributed by atoms with Crippen molar-refractivity contribution in [2.45, 2.75) is 26.2 Å². The third-order valence-electron chi connectivity index (χ3n) is 5.07. The molecule has 0 spiro atoms. The molecule has 170 valence electrons. The molecular weight excluding hydrogens is 432 g/mol. The van der Waals surface area contributed by atoms with Crippen molar-refractivity contribution in [3.63, 3.8) is 0 Å². The summed E-state index contributed by atoms with van der Waals surface area (Å²) in [5.41, 5.74) is 8.70. The molecule has 2 aromatic heterocycles. The number of nitrogen functional groups attached to an aromatic ring is 1. The lowest BCUT2D eigenvalue weighted by atomic mass is 9.91. The highest BCUT2D eigenvalue weighted by atomic mass is 16.4. The first kappa shape index (κ1) is 22.4. The maximum Gasteiger partial charge on any atom is 0.335 e. The molecule has 2 aromatic carbocycles. The van der Waals surface area contributed by atoms with Crippen LogP contribution < -0.4 is 5.73 Å². The number of anilines is 1. The van der Waals surface area contributed by atoms with Gasteiger partial charge in [0.1, 0.15) is 11.6 Å². The van der Waals surface area contributed by atoms with Crippen LogP contribution in [0.3, 0.4) is 0 Å². The quantitative estimate of drug-likeness (QED) is 0.409. The van der Waals surface area contributed by atoms with Crippen LogP contribution in [0.5, 0.6) is 0 Å². The zero-order chi connectivity index (χ0) is 24.5. The van der Waals surface area contributed by atoms with Crippen molar-refractivity contribution in [3.05, 3.63) is 77.6 Å². The first-order chi connectivity index (χ1) is 16.2. The second kappa shape index (κ2) is 8.63. The monoisotopic (exact) mass is 454 g/mol. The van der Waals surface area contributed by atoms with Gasteiger partial charge in [0.05, 0.1) is 28.8 Å². The van der Waals surface area contributed by atoms with Gasteiger partial charge in [0.2, 0.25) is 0 Å². The molecule has 0 atom stereocenters. The SMILES string of the molecule is CC(C)(C)c1nn(-c2ccc(C(=O)O)cc2)c(N)c1N=Nc1c(C#N)cnn1-c1ccccc1. The number of carboxylic acid groups (broad SMARTS) is 1. The van der Waals surface area contributed by atoms with Crippen LogP contribution in [0.25, 0.3) is 11.4 Å². The van der Waals surface area contributed by atoms with Crippen LogP contribution in [0.4, 0.5) is 17.3 Å². The molecule has 0 saturated heterocycles. The summed E-state index contributed by atoms with van der Waals surface area (Å²) in [6, 6.07) is 17.6. The van der Waals surface area contributed by atoms with E-state index in [0.29, 0.717) is 17.1 Å². The summed E-state index contributed by atoms with van der Waals surface area (Å²) in [6.07, 6.45) is 1.43. The van der Waals surface area contributed by atoms with E-state index in [9.17, 15) is 10.1 Å². The summed E-state index contributed by atoms with van der Waals surface area (Å²) >= 11 is 0. The molecule has 34 heavy (non-hydrogen) atoms. The Labute approximate surface area is 195 Å². The van der Waals surface area contributed by atoms with E-state index in [1.807, 2.05) is 51.1 Å². The maximum absolute atomic E-state index is 11.2. The molecule has 0 unspecified atom stereocenters. The number of rotatable bonds is 5. The zero-order valence-electron chi connectivity index (χ0n) is 18.8. The van der Waals surface area contributed by atoms with Gasteiger partial charge in [-0.1, -0.05) is 39.0 Å². The number of carbonyl (C=O) groups is 1. The Morgan fingerprint density at radius 2 is 1.68 bits per heavy atom. The lowest BCUT2D eigenvalue weighted by Crippen LogP contribution is -2.13. The van der Waals surface area contributed by atoms with Crippen molar-refractivity contribution >= 4 is 23.3 Å². The Kier molecular flexibility index (Phi) is 5.69. The van der Waals surface area contributed by atoms with E-state index >= 15 is 0 Å². The fraction of sp³-hybridized carbons (Fsp3) is 0.167. The number of nitriles is 1. The Morgan fingerprint density at radius 3 is 2.26 bits per heavy atom. The molecule has 0 aliphatic heterocycles. The largest absolute Gasteiger partial charge is 0.478 e. The number of hydrogen-bond acceptors (Lipinski definition) is 7. The zero-order valence-corrected chi connectivity index (χ0v) is 18.8. The summed E-state index contributed by atoms with van der Waals surface area (Å²) in [6.45, 7) is 5.92. The lowest BCUT2D eigenvalue weighted by molar-refractivity contribution is 0.0697. The van der Waals surface area contributed by atoms with Gasteiger partial charge in [0.25, 0.3) is 0 Å². The standard InChI is InChI=1S/C24H22N8O2/c1-24(2,3)20-19(21(26)31(30-20)18-11-9-15(10-12-18)23(33)34)28-29-22-16(13-25)14-27-32(22)17-7-5-4-6-8-17/h4-12,14H,26H2,1-3H3,(H,33,34). The minimum atomic E-state index is -1.02. The number of hydrogen-bond donors (Lipinski definition) is 2. The fourth-order valence-corrected chi connectivity index (χ4v) is 3.34. The second-order valence-corrected chi connectivity index (χ2v) is 8.54. The van der Waals surface area contributed by atoms with Crippen LogP contribution in [0, 0.1) is 11.3 Å². The van der Waals surface area contributed by atoms with Crippen molar-refractivity contribution in [3.8, 4) is 17.4 Å². The van der Waals surface area contributed by atoms with Crippen molar-refractivity contribution < 1.29 is 9.90 Å². The van der Waals surface area contributed by atoms with Gasteiger partial charge in [0, 0.05) is 5.41 Å². The van der Waals surface area contributed by atoms with Crippen molar-refractivity contribution in [1.29, 1.82) is 5.26 Å². The Hall–Kier alpha value is -4.78. The number of azo groups is 1. The number of nitrogens with zero attached hydrogens (tertiary/aromatic N) is 7. The summed E-state index contributed by atoms with van der Waals surface area (Å²) in [7, 11) is 0. The topological polar surface area (TPSA) is 147 Å². The number of carboxylic acids is 1. The smallest absolute Gasteiger partial charge is 0.335 e. The van der Waals surface area contributed by atoms with Crippen molar-refractivity contribution in [1.82, 2.24) is 19.6 Å². The molecule has 4 aromatic rings. The van der Waals surface area contributed by atoms with E-state index in [4.69, 9.17) is 10.8 Å². The number of aromatic nitrogens is 4. The Bertz CT molecular complexity index is 1420. The predicted octanol–water partition coefficient (Wildman–Crippen LogP) is 4.92. The summed E-state index contributed by atoms with van der Waals surface area (Å²) in [5, 5.41) is 36.4. The van der Waals surface area contributed by atoms with Gasteiger partial charge in [-0.15, -0.1) is 10.2 Å². The van der Waals surface area contributed by atoms with E-state index in [0.717, 1.165) is 5.69 Å². The fourth-order valence-electron chi connectivity index (χ4n) is 3.34. The third kappa shape index (κ3) is 4.14. The van der Waals surface area contributed by atoms with Crippen molar-refractivity contribution in [2.24, 2.45) is 10.2 Å². The second-order valence-electron chi connectivity index (χ2n) is 8.54. The minimum Gasteiger partial charge on any atom is -0.478 e. The third-order valence-corrected chi connectivity index (χ3v) is 5.07. The van der Waals surface area contributed by atoms with Crippen molar-refractivity contribution in [2.75, 3.05) is 5.73 Å². The van der Waals surface area contributed by atoms with E-state index in [-0.39, 0.29) is 22.8 Å². The number of aromatic carboxylic acids is 1. The molecule has 3 N–H and O–H groups in total. The molecule has 0 radical (unpaired) electrons. The van der Waals surface area contributed by atoms with Crippen LogP contribution in [0.2, 0.25) is 0 Å². The average Bonchev–Trinajstić information content (AvgIpc) is 3.38. The number of para-hydroxylation sites is 1. The molecule has 0 saturated carbocycles. The lowest BCUT2D eigenvalue weighted by Gasteiger charge is -2.15. The average molecular weight is 454 g/mol. The minimum absolute atomic E-state index is 0.156. The maximum atomic E-state index is 11.2. The van der Waals surface area contributed by atoms with E-state index in [1.54, 1.807) is 12.1 Å². The van der Waals surface area contributed by atoms with Gasteiger partial charge >= 0.3 is 5.97 Å². The molecule has 2 heterocycles. The molecule has 0 bridgehead atoms. The van der Waals surface area contributed by atoms with Gasteiger partial charge < -0.3 is 10.8 Å². The van der Waals surface area contributed by atoms with Crippen LogP contribution >= 0.6 is 0 Å². The van der Waals surface area contributed by atoms with Gasteiger partial charge in [-0.05, 0) is 36.4 Å². The molecule has 10 heteroatoms. The highest BCUT2D eigenvalue weighted by molar-refractivity contribution is 5.87. The molecule has 0 fully saturated rings. The first-order valence-corrected chi connectivity index (χ1v) is 10.4. The predicted molar refractivity (Wildman–Crippen MR) is 126 cm³/mol. The normalized spacial score (nSPS) is 11.6. The summed E-state index contributed by atoms with van der Waals surface area (Å²) in [5.74, 6) is -0.513. The first-order valence-electron chi connectivity index (χ1n) is 10.4. The highest BCUT2D eigenvalue weighted by Gasteiger charge is 2.27. The molecule has 0 aliphatic carbocycles. The Morgan fingerprint density at radius 1 is 1.03 bits per heavy atom.